The van der Waals surface area contributed by atoms with E-state index in [-0.39, 0.29) is 11.0 Å². The number of piperidine rings is 1. The van der Waals surface area contributed by atoms with E-state index < -0.39 is 0 Å². The van der Waals surface area contributed by atoms with Gasteiger partial charge in [0.05, 0.1) is 11.2 Å². The molecular formula is C15H27N3S. The van der Waals surface area contributed by atoms with Crippen molar-refractivity contribution in [2.75, 3.05) is 20.6 Å². The van der Waals surface area contributed by atoms with E-state index >= 15 is 0 Å². The van der Waals surface area contributed by atoms with Crippen LogP contribution in [0.2, 0.25) is 0 Å². The highest BCUT2D eigenvalue weighted by Gasteiger charge is 2.40. The minimum atomic E-state index is 0.0695. The number of aromatic nitrogens is 1. The second-order valence-corrected chi connectivity index (χ2v) is 7.76. The first kappa shape index (κ1) is 14.9. The Labute approximate surface area is 121 Å². The fourth-order valence-electron chi connectivity index (χ4n) is 2.72. The van der Waals surface area contributed by atoms with E-state index in [9.17, 15) is 0 Å². The van der Waals surface area contributed by atoms with Gasteiger partial charge in [0.1, 0.15) is 5.01 Å². The summed E-state index contributed by atoms with van der Waals surface area (Å²) in [7, 11) is 4.29. The molecule has 0 aliphatic carbocycles. The number of thiazole rings is 1. The summed E-state index contributed by atoms with van der Waals surface area (Å²) in [5.74, 6) is 0. The monoisotopic (exact) mass is 281 g/mol. The van der Waals surface area contributed by atoms with Crippen LogP contribution >= 0.6 is 11.3 Å². The molecule has 1 aromatic rings. The third-order valence-corrected chi connectivity index (χ3v) is 5.49. The fourth-order valence-corrected chi connectivity index (χ4v) is 4.01. The summed E-state index contributed by atoms with van der Waals surface area (Å²) in [4.78, 5) is 7.38. The Morgan fingerprint density at radius 3 is 2.63 bits per heavy atom. The van der Waals surface area contributed by atoms with Crippen molar-refractivity contribution in [3.8, 4) is 0 Å². The van der Waals surface area contributed by atoms with Crippen LogP contribution in [0.5, 0.6) is 0 Å². The van der Waals surface area contributed by atoms with Crippen molar-refractivity contribution in [3.05, 3.63) is 16.1 Å². The maximum absolute atomic E-state index is 4.95. The molecule has 0 bridgehead atoms. The first-order valence-electron chi connectivity index (χ1n) is 7.14. The van der Waals surface area contributed by atoms with Crippen LogP contribution in [0.15, 0.2) is 5.38 Å². The molecule has 2 rings (SSSR count). The minimum Gasteiger partial charge on any atom is -0.308 e. The summed E-state index contributed by atoms with van der Waals surface area (Å²) in [6.07, 6.45) is 2.28. The molecule has 2 unspecified atom stereocenters. The van der Waals surface area contributed by atoms with Gasteiger partial charge < -0.3 is 10.2 Å². The first-order chi connectivity index (χ1) is 8.78. The minimum absolute atomic E-state index is 0.0695. The second-order valence-electron chi connectivity index (χ2n) is 6.90. The molecule has 4 heteroatoms. The largest absolute Gasteiger partial charge is 0.308 e. The number of hydrogen-bond acceptors (Lipinski definition) is 4. The Kier molecular flexibility index (Phi) is 4.05. The summed E-state index contributed by atoms with van der Waals surface area (Å²) < 4.78 is 0. The van der Waals surface area contributed by atoms with Gasteiger partial charge in [0.2, 0.25) is 0 Å². The maximum atomic E-state index is 4.95. The molecule has 1 aliphatic rings. The van der Waals surface area contributed by atoms with Crippen molar-refractivity contribution in [2.24, 2.45) is 0 Å². The summed E-state index contributed by atoms with van der Waals surface area (Å²) in [5.41, 5.74) is 1.43. The number of rotatable bonds is 2. The van der Waals surface area contributed by atoms with Gasteiger partial charge in [-0.2, -0.15) is 0 Å². The normalized spacial score (nSPS) is 29.7. The van der Waals surface area contributed by atoms with E-state index in [0.717, 1.165) is 19.4 Å². The number of nitrogens with zero attached hydrogens (tertiary/aromatic N) is 2. The maximum Gasteiger partial charge on any atom is 0.113 e. The lowest BCUT2D eigenvalue weighted by molar-refractivity contribution is 0.111. The molecule has 2 heterocycles. The van der Waals surface area contributed by atoms with Gasteiger partial charge in [-0.25, -0.2) is 4.98 Å². The van der Waals surface area contributed by atoms with Crippen LogP contribution in [-0.2, 0) is 11.0 Å². The zero-order chi connectivity index (χ0) is 14.3. The number of nitrogens with one attached hydrogen (secondary N) is 1. The van der Waals surface area contributed by atoms with E-state index in [2.05, 4.69) is 57.4 Å². The van der Waals surface area contributed by atoms with E-state index in [1.54, 1.807) is 0 Å². The van der Waals surface area contributed by atoms with Crippen LogP contribution in [-0.4, -0.2) is 36.6 Å². The fraction of sp³-hybridized carbons (Fsp3) is 0.800. The summed E-state index contributed by atoms with van der Waals surface area (Å²) in [5, 5.41) is 7.07. The molecule has 0 saturated carbocycles. The molecular weight excluding hydrogens is 254 g/mol. The zero-order valence-corrected chi connectivity index (χ0v) is 13.9. The average molecular weight is 281 g/mol. The number of hydrogen-bond donors (Lipinski definition) is 1. The van der Waals surface area contributed by atoms with Crippen molar-refractivity contribution in [1.82, 2.24) is 15.2 Å². The molecule has 0 radical (unpaired) electrons. The smallest absolute Gasteiger partial charge is 0.113 e. The molecule has 19 heavy (non-hydrogen) atoms. The van der Waals surface area contributed by atoms with Crippen LogP contribution in [0.4, 0.5) is 0 Å². The highest BCUT2D eigenvalue weighted by atomic mass is 32.1. The van der Waals surface area contributed by atoms with Crippen LogP contribution in [0.3, 0.4) is 0 Å². The molecule has 2 atom stereocenters. The van der Waals surface area contributed by atoms with Gasteiger partial charge >= 0.3 is 0 Å². The molecule has 108 valence electrons. The Bertz CT molecular complexity index is 435. The Morgan fingerprint density at radius 1 is 1.47 bits per heavy atom. The standard InChI is InChI=1S/C15H27N3S/c1-11-9-15(16-5,7-8-18(11)6)13-17-12(10-19-13)14(2,3)4/h10-11,16H,7-9H2,1-6H3. The predicted octanol–water partition coefficient (Wildman–Crippen LogP) is 2.97. The van der Waals surface area contributed by atoms with Crippen LogP contribution in [0.1, 0.15) is 51.2 Å². The second kappa shape index (κ2) is 5.15. The van der Waals surface area contributed by atoms with Gasteiger partial charge in [-0.15, -0.1) is 11.3 Å². The third kappa shape index (κ3) is 2.86. The van der Waals surface area contributed by atoms with Gasteiger partial charge in [0, 0.05) is 23.4 Å². The summed E-state index contributed by atoms with van der Waals surface area (Å²) in [6, 6.07) is 0.600. The van der Waals surface area contributed by atoms with Gasteiger partial charge in [0.25, 0.3) is 0 Å². The number of likely N-dealkylation sites (tertiary alicyclic amines) is 1. The van der Waals surface area contributed by atoms with Gasteiger partial charge in [-0.3, -0.25) is 0 Å². The first-order valence-corrected chi connectivity index (χ1v) is 8.02. The molecule has 1 aromatic heterocycles. The average Bonchev–Trinajstić information content (AvgIpc) is 2.82. The van der Waals surface area contributed by atoms with Crippen molar-refractivity contribution < 1.29 is 0 Å². The quantitative estimate of drug-likeness (QED) is 0.903. The Hall–Kier alpha value is -0.450. The Balaban J connectivity index is 2.29. The lowest BCUT2D eigenvalue weighted by atomic mass is 9.84. The van der Waals surface area contributed by atoms with Crippen molar-refractivity contribution in [3.63, 3.8) is 0 Å². The van der Waals surface area contributed by atoms with Crippen molar-refractivity contribution in [1.29, 1.82) is 0 Å². The van der Waals surface area contributed by atoms with Crippen LogP contribution in [0.25, 0.3) is 0 Å². The molecule has 1 aliphatic heterocycles. The van der Waals surface area contributed by atoms with Gasteiger partial charge in [-0.1, -0.05) is 20.8 Å². The van der Waals surface area contributed by atoms with Crippen molar-refractivity contribution in [2.45, 2.75) is 57.5 Å². The van der Waals surface area contributed by atoms with Gasteiger partial charge in [0.15, 0.2) is 0 Å². The molecule has 1 N–H and O–H groups in total. The third-order valence-electron chi connectivity index (χ3n) is 4.45. The Morgan fingerprint density at radius 2 is 2.16 bits per heavy atom. The highest BCUT2D eigenvalue weighted by molar-refractivity contribution is 7.09. The lowest BCUT2D eigenvalue weighted by Crippen LogP contribution is -2.52. The van der Waals surface area contributed by atoms with Crippen molar-refractivity contribution >= 4 is 11.3 Å². The summed E-state index contributed by atoms with van der Waals surface area (Å²) >= 11 is 1.82. The summed E-state index contributed by atoms with van der Waals surface area (Å²) in [6.45, 7) is 10.1. The molecule has 0 amide bonds. The van der Waals surface area contributed by atoms with E-state index in [1.807, 2.05) is 11.3 Å². The van der Waals surface area contributed by atoms with E-state index in [1.165, 1.54) is 10.7 Å². The van der Waals surface area contributed by atoms with E-state index in [4.69, 9.17) is 4.98 Å². The lowest BCUT2D eigenvalue weighted by Gasteiger charge is -2.43. The molecule has 1 saturated heterocycles. The van der Waals surface area contributed by atoms with Crippen LogP contribution < -0.4 is 5.32 Å². The zero-order valence-electron chi connectivity index (χ0n) is 13.1. The topological polar surface area (TPSA) is 28.2 Å². The van der Waals surface area contributed by atoms with Gasteiger partial charge in [-0.05, 0) is 33.9 Å². The van der Waals surface area contributed by atoms with Crippen LogP contribution in [0, 0.1) is 0 Å². The SMILES string of the molecule is CNC1(c2nc(C(C)(C)C)cs2)CCN(C)C(C)C1. The molecule has 0 spiro atoms. The van der Waals surface area contributed by atoms with E-state index in [0.29, 0.717) is 6.04 Å². The molecule has 3 nitrogen and oxygen atoms in total. The molecule has 0 aromatic carbocycles. The predicted molar refractivity (Wildman–Crippen MR) is 82.9 cm³/mol. The highest BCUT2D eigenvalue weighted by Crippen LogP contribution is 2.38. The molecule has 1 fully saturated rings.